The van der Waals surface area contributed by atoms with Crippen LogP contribution >= 0.6 is 7.82 Å². The topological polar surface area (TPSA) is 91.3 Å². The van der Waals surface area contributed by atoms with Crippen molar-refractivity contribution in [2.75, 3.05) is 54.1 Å². The first-order valence-corrected chi connectivity index (χ1v) is 28.1. The summed E-state index contributed by atoms with van der Waals surface area (Å²) in [5.41, 5.74) is 0. The SMILES string of the molecule is CCCCCC/C=C\C/C=C\CCCCCCCCCC(=O)OC(COCCCCCCCCCCCCCCCCCCCCCCCC)COP(=O)(O)OCC[N+](C)(C)C. The van der Waals surface area contributed by atoms with Gasteiger partial charge in [0.2, 0.25) is 0 Å². The molecule has 0 aromatic carbocycles. The van der Waals surface area contributed by atoms with Crippen LogP contribution in [-0.4, -0.2) is 75.6 Å². The van der Waals surface area contributed by atoms with Crippen molar-refractivity contribution in [3.05, 3.63) is 24.3 Å². The number of ether oxygens (including phenoxy) is 2. The van der Waals surface area contributed by atoms with Crippen LogP contribution < -0.4 is 0 Å². The van der Waals surface area contributed by atoms with Crippen LogP contribution in [0.25, 0.3) is 0 Å². The molecule has 0 amide bonds. The van der Waals surface area contributed by atoms with Crippen molar-refractivity contribution in [1.29, 1.82) is 0 Å². The third kappa shape index (κ3) is 50.0. The number of allylic oxidation sites excluding steroid dienone is 4. The fraction of sp³-hybridized carbons (Fsp3) is 0.906. The first-order valence-electron chi connectivity index (χ1n) is 26.6. The summed E-state index contributed by atoms with van der Waals surface area (Å²) in [7, 11) is 1.67. The minimum Gasteiger partial charge on any atom is -0.457 e. The molecule has 0 aromatic heterocycles. The van der Waals surface area contributed by atoms with E-state index in [4.69, 9.17) is 18.5 Å². The van der Waals surface area contributed by atoms with Gasteiger partial charge in [-0.1, -0.05) is 224 Å². The molecule has 62 heavy (non-hydrogen) atoms. The molecule has 0 aliphatic rings. The number of hydrogen-bond acceptors (Lipinski definition) is 6. The summed E-state index contributed by atoms with van der Waals surface area (Å²) in [5, 5.41) is 0. The van der Waals surface area contributed by atoms with E-state index in [1.54, 1.807) is 0 Å². The number of rotatable bonds is 50. The second-order valence-corrected chi connectivity index (χ2v) is 20.7. The van der Waals surface area contributed by atoms with Crippen LogP contribution in [-0.2, 0) is 27.9 Å². The van der Waals surface area contributed by atoms with Crippen LogP contribution in [0, 0.1) is 0 Å². The Balaban J connectivity index is 4.09. The quantitative estimate of drug-likeness (QED) is 0.0214. The Kier molecular flexibility index (Phi) is 45.7. The number of carbonyl (C=O) groups excluding carboxylic acids is 1. The first kappa shape index (κ1) is 61.0. The predicted octanol–water partition coefficient (Wildman–Crippen LogP) is 16.3. The molecule has 0 fully saturated rings. The fourth-order valence-electron chi connectivity index (χ4n) is 7.64. The van der Waals surface area contributed by atoms with Crippen molar-refractivity contribution >= 4 is 13.8 Å². The van der Waals surface area contributed by atoms with Crippen molar-refractivity contribution in [3.8, 4) is 0 Å². The Bertz CT molecular complexity index is 1050. The Morgan fingerprint density at radius 2 is 0.887 bits per heavy atom. The molecule has 0 heterocycles. The summed E-state index contributed by atoms with van der Waals surface area (Å²) >= 11 is 0. The molecule has 8 nitrogen and oxygen atoms in total. The van der Waals surface area contributed by atoms with Gasteiger partial charge >= 0.3 is 13.8 Å². The molecule has 0 saturated heterocycles. The standard InChI is InChI=1S/C53H104NO7P/c1-6-8-10-12-14-16-18-20-22-24-26-27-28-29-31-33-35-37-39-41-43-45-48-58-50-52(51-60-62(56,57)59-49-47-54(3,4)5)61-53(55)46-44-42-40-38-36-34-32-30-25-23-21-19-17-15-13-11-9-7-2/h17,19,23,25,52H,6-16,18,20-22,24,26-51H2,1-5H3/p+1/b19-17-,25-23-. The molecule has 0 bridgehead atoms. The molecule has 368 valence electrons. The van der Waals surface area contributed by atoms with E-state index in [2.05, 4.69) is 38.2 Å². The van der Waals surface area contributed by atoms with E-state index >= 15 is 0 Å². The predicted molar refractivity (Wildman–Crippen MR) is 266 cm³/mol. The van der Waals surface area contributed by atoms with Crippen LogP contribution in [0.5, 0.6) is 0 Å². The lowest BCUT2D eigenvalue weighted by molar-refractivity contribution is -0.870. The van der Waals surface area contributed by atoms with Gasteiger partial charge in [0.15, 0.2) is 0 Å². The van der Waals surface area contributed by atoms with Gasteiger partial charge in [0, 0.05) is 13.0 Å². The van der Waals surface area contributed by atoms with Gasteiger partial charge in [-0.25, -0.2) is 4.57 Å². The Hall–Kier alpha value is -1.02. The highest BCUT2D eigenvalue weighted by Gasteiger charge is 2.26. The van der Waals surface area contributed by atoms with Gasteiger partial charge in [0.25, 0.3) is 0 Å². The minimum atomic E-state index is -4.28. The monoisotopic (exact) mass is 899 g/mol. The maximum absolute atomic E-state index is 12.8. The molecule has 2 unspecified atom stereocenters. The van der Waals surface area contributed by atoms with Gasteiger partial charge in [-0.05, 0) is 44.9 Å². The van der Waals surface area contributed by atoms with Gasteiger partial charge < -0.3 is 18.9 Å². The number of nitrogens with zero attached hydrogens (tertiary/aromatic N) is 1. The number of esters is 1. The molecule has 0 aliphatic heterocycles. The molecule has 1 N–H and O–H groups in total. The summed E-state index contributed by atoms with van der Waals surface area (Å²) < 4.78 is 35.2. The third-order valence-electron chi connectivity index (χ3n) is 11.8. The molecular weight excluding hydrogens is 794 g/mol. The van der Waals surface area contributed by atoms with Crippen molar-refractivity contribution in [1.82, 2.24) is 0 Å². The normalized spacial score (nSPS) is 13.7. The summed E-state index contributed by atoms with van der Waals surface area (Å²) in [6.45, 7) is 5.65. The van der Waals surface area contributed by atoms with Crippen LogP contribution in [0.1, 0.15) is 251 Å². The number of phosphoric ester groups is 1. The van der Waals surface area contributed by atoms with E-state index in [0.717, 1.165) is 44.9 Å². The summed E-state index contributed by atoms with van der Waals surface area (Å²) in [6, 6.07) is 0. The second kappa shape index (κ2) is 46.5. The Morgan fingerprint density at radius 3 is 1.32 bits per heavy atom. The van der Waals surface area contributed by atoms with E-state index < -0.39 is 13.9 Å². The number of carbonyl (C=O) groups is 1. The van der Waals surface area contributed by atoms with Gasteiger partial charge in [-0.2, -0.15) is 0 Å². The number of quaternary nitrogens is 1. The molecule has 0 saturated carbocycles. The van der Waals surface area contributed by atoms with E-state index in [1.807, 2.05) is 21.1 Å². The van der Waals surface area contributed by atoms with E-state index in [0.29, 0.717) is 24.1 Å². The van der Waals surface area contributed by atoms with Crippen LogP contribution in [0.2, 0.25) is 0 Å². The van der Waals surface area contributed by atoms with Crippen LogP contribution in [0.3, 0.4) is 0 Å². The number of likely N-dealkylation sites (N-methyl/N-ethyl adjacent to an activating group) is 1. The van der Waals surface area contributed by atoms with Gasteiger partial charge in [0.1, 0.15) is 19.3 Å². The number of unbranched alkanes of at least 4 members (excludes halogenated alkanes) is 32. The molecule has 0 aliphatic carbocycles. The number of phosphoric acid groups is 1. The van der Waals surface area contributed by atoms with Crippen molar-refractivity contribution < 1.29 is 37.3 Å². The molecule has 9 heteroatoms. The second-order valence-electron chi connectivity index (χ2n) is 19.3. The summed E-state index contributed by atoms with van der Waals surface area (Å²) in [5.74, 6) is -0.316. The number of hydrogen-bond donors (Lipinski definition) is 1. The average Bonchev–Trinajstić information content (AvgIpc) is 3.23. The van der Waals surface area contributed by atoms with Gasteiger partial charge in [-0.3, -0.25) is 13.8 Å². The summed E-state index contributed by atoms with van der Waals surface area (Å²) in [6.07, 6.45) is 55.1. The lowest BCUT2D eigenvalue weighted by atomic mass is 10.0. The molecule has 2 atom stereocenters. The Morgan fingerprint density at radius 1 is 0.500 bits per heavy atom. The Labute approximate surface area is 385 Å². The van der Waals surface area contributed by atoms with Crippen LogP contribution in [0.4, 0.5) is 0 Å². The van der Waals surface area contributed by atoms with Gasteiger partial charge in [0.05, 0.1) is 34.4 Å². The molecular formula is C53H105NO7P+. The minimum absolute atomic E-state index is 0.0892. The fourth-order valence-corrected chi connectivity index (χ4v) is 8.39. The zero-order valence-electron chi connectivity index (χ0n) is 41.9. The summed E-state index contributed by atoms with van der Waals surface area (Å²) in [4.78, 5) is 23.0. The molecule has 0 spiro atoms. The average molecular weight is 899 g/mol. The maximum Gasteiger partial charge on any atom is 0.472 e. The van der Waals surface area contributed by atoms with Crippen molar-refractivity contribution in [2.24, 2.45) is 0 Å². The third-order valence-corrected chi connectivity index (χ3v) is 12.7. The molecule has 0 rings (SSSR count). The highest BCUT2D eigenvalue weighted by molar-refractivity contribution is 7.47. The van der Waals surface area contributed by atoms with Gasteiger partial charge in [-0.15, -0.1) is 0 Å². The lowest BCUT2D eigenvalue weighted by Gasteiger charge is -2.24. The van der Waals surface area contributed by atoms with E-state index in [-0.39, 0.29) is 25.8 Å². The maximum atomic E-state index is 12.8. The highest BCUT2D eigenvalue weighted by atomic mass is 31.2. The first-order chi connectivity index (χ1) is 30.1. The molecule has 0 aromatic rings. The van der Waals surface area contributed by atoms with Crippen molar-refractivity contribution in [3.63, 3.8) is 0 Å². The van der Waals surface area contributed by atoms with Crippen LogP contribution in [0.15, 0.2) is 24.3 Å². The highest BCUT2D eigenvalue weighted by Crippen LogP contribution is 2.43. The van der Waals surface area contributed by atoms with Crippen molar-refractivity contribution in [2.45, 2.75) is 258 Å². The largest absolute Gasteiger partial charge is 0.472 e. The smallest absolute Gasteiger partial charge is 0.457 e. The van der Waals surface area contributed by atoms with E-state index in [1.165, 1.54) is 186 Å². The zero-order valence-corrected chi connectivity index (χ0v) is 42.8. The van der Waals surface area contributed by atoms with E-state index in [9.17, 15) is 14.3 Å². The zero-order chi connectivity index (χ0) is 45.5. The lowest BCUT2D eigenvalue weighted by Crippen LogP contribution is -2.37. The molecule has 0 radical (unpaired) electrons.